The Balaban J connectivity index is 1.27. The van der Waals surface area contributed by atoms with Crippen LogP contribution in [0.1, 0.15) is 45.0 Å². The van der Waals surface area contributed by atoms with Gasteiger partial charge < -0.3 is 4.90 Å². The minimum absolute atomic E-state index is 0.152. The van der Waals surface area contributed by atoms with E-state index in [4.69, 9.17) is 0 Å². The summed E-state index contributed by atoms with van der Waals surface area (Å²) in [5.41, 5.74) is 1.63. The number of nitrogens with zero attached hydrogens (tertiary/aromatic N) is 5. The quantitative estimate of drug-likeness (QED) is 0.837. The van der Waals surface area contributed by atoms with E-state index in [2.05, 4.69) is 52.4 Å². The molecule has 3 heterocycles. The van der Waals surface area contributed by atoms with Crippen LogP contribution < -0.4 is 0 Å². The van der Waals surface area contributed by atoms with E-state index in [0.29, 0.717) is 5.54 Å². The Bertz CT molecular complexity index is 588. The largest absolute Gasteiger partial charge is 0.300 e. The fourth-order valence-corrected chi connectivity index (χ4v) is 4.39. The first-order chi connectivity index (χ1) is 11.9. The summed E-state index contributed by atoms with van der Waals surface area (Å²) in [5, 5.41) is 0. The molecule has 138 valence electrons. The van der Waals surface area contributed by atoms with Gasteiger partial charge in [0, 0.05) is 63.7 Å². The van der Waals surface area contributed by atoms with Crippen LogP contribution in [0.3, 0.4) is 0 Å². The van der Waals surface area contributed by atoms with Gasteiger partial charge in [0.1, 0.15) is 5.82 Å². The predicted molar refractivity (Wildman–Crippen MR) is 101 cm³/mol. The third-order valence-corrected chi connectivity index (χ3v) is 6.32. The van der Waals surface area contributed by atoms with Crippen molar-refractivity contribution in [2.75, 3.05) is 45.8 Å². The zero-order valence-electron chi connectivity index (χ0n) is 16.3. The number of hydrogen-bond donors (Lipinski definition) is 0. The van der Waals surface area contributed by atoms with Crippen LogP contribution in [0.4, 0.5) is 0 Å². The standard InChI is InChI=1S/C20H33N5/c1-16-11-21-18(22-12-16)20(5-6-20)24-9-7-23(8-10-24)13-17-14-25(15-17)19(2,3)4/h11-12,17H,5-10,13-15H2,1-4H3. The van der Waals surface area contributed by atoms with Crippen LogP contribution in [0, 0.1) is 12.8 Å². The molecule has 0 aromatic carbocycles. The van der Waals surface area contributed by atoms with Crippen LogP contribution in [-0.4, -0.2) is 76.0 Å². The van der Waals surface area contributed by atoms with Gasteiger partial charge in [0.15, 0.2) is 0 Å². The monoisotopic (exact) mass is 343 g/mol. The predicted octanol–water partition coefficient (Wildman–Crippen LogP) is 2.12. The molecule has 25 heavy (non-hydrogen) atoms. The highest BCUT2D eigenvalue weighted by Gasteiger charge is 2.52. The maximum Gasteiger partial charge on any atom is 0.148 e. The molecule has 1 saturated carbocycles. The summed E-state index contributed by atoms with van der Waals surface area (Å²) in [5.74, 6) is 1.91. The number of hydrogen-bond acceptors (Lipinski definition) is 5. The number of likely N-dealkylation sites (tertiary alicyclic amines) is 1. The molecule has 0 unspecified atom stereocenters. The highest BCUT2D eigenvalue weighted by atomic mass is 15.3. The molecule has 3 aliphatic rings. The second-order valence-corrected chi connectivity index (χ2v) is 9.35. The van der Waals surface area contributed by atoms with Gasteiger partial charge in [0.2, 0.25) is 0 Å². The lowest BCUT2D eigenvalue weighted by molar-refractivity contribution is -0.0131. The topological polar surface area (TPSA) is 35.5 Å². The third kappa shape index (κ3) is 3.46. The Labute approximate surface area is 152 Å². The van der Waals surface area contributed by atoms with Crippen LogP contribution in [0.15, 0.2) is 12.4 Å². The molecule has 0 atom stereocenters. The second-order valence-electron chi connectivity index (χ2n) is 9.35. The SMILES string of the molecule is Cc1cnc(C2(N3CCN(CC4CN(C(C)(C)C)C4)CC3)CC2)nc1. The average molecular weight is 344 g/mol. The van der Waals surface area contributed by atoms with Gasteiger partial charge in [-0.2, -0.15) is 0 Å². The van der Waals surface area contributed by atoms with E-state index in [-0.39, 0.29) is 5.54 Å². The van der Waals surface area contributed by atoms with E-state index < -0.39 is 0 Å². The van der Waals surface area contributed by atoms with Crippen LogP contribution in [0.25, 0.3) is 0 Å². The van der Waals surface area contributed by atoms with E-state index in [0.717, 1.165) is 30.4 Å². The molecule has 2 aliphatic heterocycles. The zero-order chi connectivity index (χ0) is 17.7. The van der Waals surface area contributed by atoms with E-state index in [1.54, 1.807) is 0 Å². The van der Waals surface area contributed by atoms with Crippen molar-refractivity contribution in [3.05, 3.63) is 23.8 Å². The minimum Gasteiger partial charge on any atom is -0.300 e. The van der Waals surface area contributed by atoms with Gasteiger partial charge in [0.05, 0.1) is 5.54 Å². The minimum atomic E-state index is 0.152. The number of rotatable bonds is 4. The van der Waals surface area contributed by atoms with Crippen LogP contribution in [-0.2, 0) is 5.54 Å². The Morgan fingerprint density at radius 1 is 1.04 bits per heavy atom. The van der Waals surface area contributed by atoms with Crippen molar-refractivity contribution < 1.29 is 0 Å². The lowest BCUT2D eigenvalue weighted by atomic mass is 9.92. The van der Waals surface area contributed by atoms with Gasteiger partial charge in [-0.15, -0.1) is 0 Å². The molecular weight excluding hydrogens is 310 g/mol. The number of piperazine rings is 1. The van der Waals surface area contributed by atoms with Crippen LogP contribution >= 0.6 is 0 Å². The molecule has 0 radical (unpaired) electrons. The Kier molecular flexibility index (Phi) is 4.37. The number of aryl methyl sites for hydroxylation is 1. The fraction of sp³-hybridized carbons (Fsp3) is 0.800. The smallest absolute Gasteiger partial charge is 0.148 e. The molecule has 0 bridgehead atoms. The first-order valence-electron chi connectivity index (χ1n) is 9.88. The van der Waals surface area contributed by atoms with Gasteiger partial charge in [-0.25, -0.2) is 9.97 Å². The van der Waals surface area contributed by atoms with E-state index in [1.165, 1.54) is 45.6 Å². The van der Waals surface area contributed by atoms with Crippen LogP contribution in [0.2, 0.25) is 0 Å². The third-order valence-electron chi connectivity index (χ3n) is 6.32. The lowest BCUT2D eigenvalue weighted by Crippen LogP contribution is -2.60. The molecule has 1 aliphatic carbocycles. The fourth-order valence-electron chi connectivity index (χ4n) is 4.39. The maximum atomic E-state index is 4.64. The Morgan fingerprint density at radius 3 is 2.16 bits per heavy atom. The molecular formula is C20H33N5. The van der Waals surface area contributed by atoms with Gasteiger partial charge >= 0.3 is 0 Å². The molecule has 0 N–H and O–H groups in total. The van der Waals surface area contributed by atoms with Crippen molar-refractivity contribution >= 4 is 0 Å². The first kappa shape index (κ1) is 17.4. The normalized spacial score (nSPS) is 25.8. The molecule has 0 spiro atoms. The molecule has 1 aromatic heterocycles. The summed E-state index contributed by atoms with van der Waals surface area (Å²) in [6.45, 7) is 17.5. The maximum absolute atomic E-state index is 4.64. The van der Waals surface area contributed by atoms with Crippen molar-refractivity contribution in [1.82, 2.24) is 24.7 Å². The van der Waals surface area contributed by atoms with Gasteiger partial charge in [-0.1, -0.05) is 0 Å². The molecule has 5 heteroatoms. The average Bonchev–Trinajstić information content (AvgIpc) is 3.32. The van der Waals surface area contributed by atoms with Crippen molar-refractivity contribution in [2.24, 2.45) is 5.92 Å². The van der Waals surface area contributed by atoms with Gasteiger partial charge in [0.25, 0.3) is 0 Å². The molecule has 4 rings (SSSR count). The second kappa shape index (κ2) is 6.29. The van der Waals surface area contributed by atoms with Crippen LogP contribution in [0.5, 0.6) is 0 Å². The van der Waals surface area contributed by atoms with E-state index in [9.17, 15) is 0 Å². The molecule has 0 amide bonds. The van der Waals surface area contributed by atoms with Crippen molar-refractivity contribution in [2.45, 2.75) is 51.6 Å². The van der Waals surface area contributed by atoms with Gasteiger partial charge in [-0.3, -0.25) is 9.80 Å². The van der Waals surface area contributed by atoms with Crippen molar-refractivity contribution in [1.29, 1.82) is 0 Å². The Morgan fingerprint density at radius 2 is 1.64 bits per heavy atom. The van der Waals surface area contributed by atoms with Gasteiger partial charge in [-0.05, 0) is 52.0 Å². The molecule has 5 nitrogen and oxygen atoms in total. The summed E-state index contributed by atoms with van der Waals surface area (Å²) in [6.07, 6.45) is 6.38. The summed E-state index contributed by atoms with van der Waals surface area (Å²) in [7, 11) is 0. The highest BCUT2D eigenvalue weighted by Crippen LogP contribution is 2.49. The van der Waals surface area contributed by atoms with Crippen molar-refractivity contribution in [3.8, 4) is 0 Å². The van der Waals surface area contributed by atoms with Crippen molar-refractivity contribution in [3.63, 3.8) is 0 Å². The molecule has 3 fully saturated rings. The molecule has 1 aromatic rings. The van der Waals surface area contributed by atoms with E-state index in [1.807, 2.05) is 12.4 Å². The highest BCUT2D eigenvalue weighted by molar-refractivity contribution is 5.18. The molecule has 2 saturated heterocycles. The summed E-state index contributed by atoms with van der Waals surface area (Å²) in [4.78, 5) is 17.2. The summed E-state index contributed by atoms with van der Waals surface area (Å²) < 4.78 is 0. The zero-order valence-corrected chi connectivity index (χ0v) is 16.3. The Hall–Kier alpha value is -1.04. The summed E-state index contributed by atoms with van der Waals surface area (Å²) >= 11 is 0. The number of aromatic nitrogens is 2. The van der Waals surface area contributed by atoms with E-state index >= 15 is 0 Å². The lowest BCUT2D eigenvalue weighted by Gasteiger charge is -2.50. The first-order valence-corrected chi connectivity index (χ1v) is 9.88. The summed E-state index contributed by atoms with van der Waals surface area (Å²) in [6, 6.07) is 0.